The predicted molar refractivity (Wildman–Crippen MR) is 118 cm³/mol. The second-order valence-corrected chi connectivity index (χ2v) is 11.6. The molecule has 2 aromatic carbocycles. The highest BCUT2D eigenvalue weighted by molar-refractivity contribution is 7.92. The number of benzene rings is 2. The Morgan fingerprint density at radius 3 is 2.10 bits per heavy atom. The summed E-state index contributed by atoms with van der Waals surface area (Å²) in [6, 6.07) is 11.1. The summed E-state index contributed by atoms with van der Waals surface area (Å²) >= 11 is 0. The van der Waals surface area contributed by atoms with Crippen LogP contribution in [0.1, 0.15) is 26.3 Å². The smallest absolute Gasteiger partial charge is 0.261 e. The van der Waals surface area contributed by atoms with Gasteiger partial charge >= 0.3 is 0 Å². The number of aryl methyl sites for hydroxylation is 1. The molecule has 30 heavy (non-hydrogen) atoms. The van der Waals surface area contributed by atoms with E-state index in [0.717, 1.165) is 5.56 Å². The van der Waals surface area contributed by atoms with Crippen LogP contribution in [-0.2, 0) is 24.6 Å². The van der Waals surface area contributed by atoms with Gasteiger partial charge in [0.05, 0.1) is 39.1 Å². The van der Waals surface area contributed by atoms with Crippen LogP contribution in [0.3, 0.4) is 0 Å². The third-order valence-electron chi connectivity index (χ3n) is 5.04. The van der Waals surface area contributed by atoms with Gasteiger partial charge in [-0.3, -0.25) is 4.72 Å². The normalized spacial score (nSPS) is 20.2. The van der Waals surface area contributed by atoms with Crippen molar-refractivity contribution in [3.63, 3.8) is 0 Å². The highest BCUT2D eigenvalue weighted by atomic mass is 32.2. The molecule has 0 saturated carbocycles. The van der Waals surface area contributed by atoms with E-state index in [0.29, 0.717) is 18.8 Å². The monoisotopic (exact) mass is 452 g/mol. The lowest BCUT2D eigenvalue weighted by Crippen LogP contribution is -2.45. The van der Waals surface area contributed by atoms with Crippen LogP contribution in [0.15, 0.2) is 52.3 Å². The Kier molecular flexibility index (Phi) is 6.45. The first-order valence-electron chi connectivity index (χ1n) is 9.88. The summed E-state index contributed by atoms with van der Waals surface area (Å²) in [6.07, 6.45) is -0.0660. The van der Waals surface area contributed by atoms with Crippen LogP contribution in [-0.4, -0.2) is 47.9 Å². The number of hydrogen-bond donors (Lipinski definition) is 1. The van der Waals surface area contributed by atoms with E-state index in [1.54, 1.807) is 25.1 Å². The van der Waals surface area contributed by atoms with Gasteiger partial charge < -0.3 is 9.64 Å². The van der Waals surface area contributed by atoms with Crippen molar-refractivity contribution in [3.8, 4) is 0 Å². The van der Waals surface area contributed by atoms with E-state index >= 15 is 0 Å². The molecule has 7 nitrogen and oxygen atoms in total. The van der Waals surface area contributed by atoms with E-state index in [1.165, 1.54) is 24.3 Å². The molecule has 3 rings (SSSR count). The lowest BCUT2D eigenvalue weighted by atomic mass is 10.2. The number of nitrogens with one attached hydrogen (secondary N) is 1. The zero-order valence-electron chi connectivity index (χ0n) is 17.6. The second kappa shape index (κ2) is 8.56. The van der Waals surface area contributed by atoms with Crippen LogP contribution in [0.5, 0.6) is 0 Å². The van der Waals surface area contributed by atoms with Crippen molar-refractivity contribution >= 4 is 31.2 Å². The molecule has 1 heterocycles. The van der Waals surface area contributed by atoms with E-state index in [2.05, 4.69) is 4.72 Å². The predicted octanol–water partition coefficient (Wildman–Crippen LogP) is 3.20. The Morgan fingerprint density at radius 1 is 0.967 bits per heavy atom. The summed E-state index contributed by atoms with van der Waals surface area (Å²) in [4.78, 5) is 2.23. The maximum atomic E-state index is 13.0. The topological polar surface area (TPSA) is 92.8 Å². The molecule has 2 unspecified atom stereocenters. The molecule has 0 aliphatic carbocycles. The molecular formula is C21H28N2O5S2. The summed E-state index contributed by atoms with van der Waals surface area (Å²) < 4.78 is 59.2. The molecule has 164 valence electrons. The maximum absolute atomic E-state index is 13.0. The zero-order valence-corrected chi connectivity index (χ0v) is 19.3. The standard InChI is InChI=1S/C21H28N2O5S2/c1-5-29(24,25)19-10-11-21(23-13-16(3)28-17(4)14-23)20(12-19)22-30(26,27)18-8-6-15(2)7-9-18/h6-12,16-17,22H,5,13-14H2,1-4H3. The van der Waals surface area contributed by atoms with E-state index in [4.69, 9.17) is 4.74 Å². The summed E-state index contributed by atoms with van der Waals surface area (Å²) in [5.74, 6) is -0.0673. The van der Waals surface area contributed by atoms with Crippen molar-refractivity contribution < 1.29 is 21.6 Å². The number of sulfone groups is 1. The molecule has 0 bridgehead atoms. The van der Waals surface area contributed by atoms with Crippen molar-refractivity contribution in [1.82, 2.24) is 0 Å². The van der Waals surface area contributed by atoms with Crippen LogP contribution in [0, 0.1) is 6.92 Å². The van der Waals surface area contributed by atoms with Gasteiger partial charge in [-0.25, -0.2) is 16.8 Å². The maximum Gasteiger partial charge on any atom is 0.261 e. The first kappa shape index (κ1) is 22.6. The fraction of sp³-hybridized carbons (Fsp3) is 0.429. The Bertz CT molecular complexity index is 1100. The SMILES string of the molecule is CCS(=O)(=O)c1ccc(N2CC(C)OC(C)C2)c(NS(=O)(=O)c2ccc(C)cc2)c1. The highest BCUT2D eigenvalue weighted by Crippen LogP contribution is 2.33. The molecule has 9 heteroatoms. The average molecular weight is 453 g/mol. The molecule has 0 amide bonds. The largest absolute Gasteiger partial charge is 0.372 e. The molecule has 1 aliphatic rings. The Balaban J connectivity index is 2.07. The summed E-state index contributed by atoms with van der Waals surface area (Å²) in [7, 11) is -7.38. The molecule has 1 saturated heterocycles. The van der Waals surface area contributed by atoms with Gasteiger partial charge in [0, 0.05) is 13.1 Å². The number of hydrogen-bond acceptors (Lipinski definition) is 6. The van der Waals surface area contributed by atoms with Crippen molar-refractivity contribution in [2.75, 3.05) is 28.5 Å². The van der Waals surface area contributed by atoms with Gasteiger partial charge in [-0.15, -0.1) is 0 Å². The summed E-state index contributed by atoms with van der Waals surface area (Å²) in [6.45, 7) is 8.49. The molecular weight excluding hydrogens is 424 g/mol. The van der Waals surface area contributed by atoms with E-state index < -0.39 is 19.9 Å². The van der Waals surface area contributed by atoms with Crippen molar-refractivity contribution in [2.24, 2.45) is 0 Å². The Morgan fingerprint density at radius 2 is 1.53 bits per heavy atom. The van der Waals surface area contributed by atoms with Gasteiger partial charge in [0.1, 0.15) is 0 Å². The number of morpholine rings is 1. The first-order chi connectivity index (χ1) is 14.0. The number of anilines is 2. The summed E-state index contributed by atoms with van der Waals surface area (Å²) in [5.41, 5.74) is 1.82. The lowest BCUT2D eigenvalue weighted by molar-refractivity contribution is -0.00517. The third kappa shape index (κ3) is 4.96. The van der Waals surface area contributed by atoms with Gasteiger partial charge in [-0.2, -0.15) is 0 Å². The molecule has 0 radical (unpaired) electrons. The van der Waals surface area contributed by atoms with E-state index in [-0.39, 0.29) is 33.4 Å². The minimum atomic E-state index is -3.89. The first-order valence-corrected chi connectivity index (χ1v) is 13.0. The van der Waals surface area contributed by atoms with Gasteiger partial charge in [-0.1, -0.05) is 24.6 Å². The quantitative estimate of drug-likeness (QED) is 0.724. The number of nitrogens with zero attached hydrogens (tertiary/aromatic N) is 1. The summed E-state index contributed by atoms with van der Waals surface area (Å²) in [5, 5.41) is 0. The van der Waals surface area contributed by atoms with Gasteiger partial charge in [0.25, 0.3) is 10.0 Å². The fourth-order valence-electron chi connectivity index (χ4n) is 3.53. The third-order valence-corrected chi connectivity index (χ3v) is 8.16. The van der Waals surface area contributed by atoms with Crippen LogP contribution < -0.4 is 9.62 Å². The molecule has 0 spiro atoms. The van der Waals surface area contributed by atoms with Gasteiger partial charge in [-0.05, 0) is 51.1 Å². The van der Waals surface area contributed by atoms with Crippen molar-refractivity contribution in [2.45, 2.75) is 49.7 Å². The molecule has 1 aliphatic heterocycles. The van der Waals surface area contributed by atoms with Crippen LogP contribution >= 0.6 is 0 Å². The molecule has 2 aromatic rings. The Labute approximate surface area is 179 Å². The van der Waals surface area contributed by atoms with Crippen LogP contribution in [0.4, 0.5) is 11.4 Å². The zero-order chi connectivity index (χ0) is 22.1. The van der Waals surface area contributed by atoms with Gasteiger partial charge in [0.15, 0.2) is 9.84 Å². The molecule has 1 fully saturated rings. The minimum absolute atomic E-state index is 0.0330. The van der Waals surface area contributed by atoms with E-state index in [9.17, 15) is 16.8 Å². The molecule has 1 N–H and O–H groups in total. The minimum Gasteiger partial charge on any atom is -0.372 e. The number of sulfonamides is 1. The molecule has 0 aromatic heterocycles. The number of ether oxygens (including phenoxy) is 1. The van der Waals surface area contributed by atoms with Crippen LogP contribution in [0.2, 0.25) is 0 Å². The highest BCUT2D eigenvalue weighted by Gasteiger charge is 2.27. The van der Waals surface area contributed by atoms with E-state index in [1.807, 2.05) is 25.7 Å². The van der Waals surface area contributed by atoms with Crippen molar-refractivity contribution in [3.05, 3.63) is 48.0 Å². The molecule has 2 atom stereocenters. The number of rotatable bonds is 6. The average Bonchev–Trinajstić information content (AvgIpc) is 2.67. The van der Waals surface area contributed by atoms with Crippen LogP contribution in [0.25, 0.3) is 0 Å². The van der Waals surface area contributed by atoms with Crippen molar-refractivity contribution in [1.29, 1.82) is 0 Å². The lowest BCUT2D eigenvalue weighted by Gasteiger charge is -2.37. The Hall–Kier alpha value is -2.10. The fourth-order valence-corrected chi connectivity index (χ4v) is 5.50. The van der Waals surface area contributed by atoms with Gasteiger partial charge in [0.2, 0.25) is 0 Å². The second-order valence-electron chi connectivity index (χ2n) is 7.66.